The molecule has 0 unspecified atom stereocenters. The minimum absolute atomic E-state index is 0.0154. The van der Waals surface area contributed by atoms with Gasteiger partial charge >= 0.3 is 0 Å². The highest BCUT2D eigenvalue weighted by molar-refractivity contribution is 7.07. The molecule has 1 aliphatic heterocycles. The quantitative estimate of drug-likeness (QED) is 0.801. The number of benzene rings is 1. The first-order valence-electron chi connectivity index (χ1n) is 8.66. The van der Waals surface area contributed by atoms with E-state index in [9.17, 15) is 9.59 Å². The second-order valence-corrected chi connectivity index (χ2v) is 6.95. The normalized spacial score (nSPS) is 14.8. The van der Waals surface area contributed by atoms with Gasteiger partial charge in [0.05, 0.1) is 6.54 Å². The molecule has 0 spiro atoms. The molecule has 2 aromatic rings. The summed E-state index contributed by atoms with van der Waals surface area (Å²) in [6, 6.07) is 11.3. The lowest BCUT2D eigenvalue weighted by molar-refractivity contribution is -0.134. The molecule has 2 heterocycles. The predicted octanol–water partition coefficient (Wildman–Crippen LogP) is 1.59. The number of carbonyl (C=O) groups is 2. The van der Waals surface area contributed by atoms with Crippen molar-refractivity contribution in [3.05, 3.63) is 52.7 Å². The summed E-state index contributed by atoms with van der Waals surface area (Å²) in [7, 11) is 0. The fourth-order valence-corrected chi connectivity index (χ4v) is 3.46. The van der Waals surface area contributed by atoms with Crippen LogP contribution in [0.25, 0.3) is 0 Å². The van der Waals surface area contributed by atoms with Gasteiger partial charge in [0.2, 0.25) is 5.91 Å². The summed E-state index contributed by atoms with van der Waals surface area (Å²) in [4.78, 5) is 28.2. The number of piperazine rings is 1. The smallest absolute Gasteiger partial charge is 0.258 e. The molecule has 1 aromatic carbocycles. The van der Waals surface area contributed by atoms with Crippen LogP contribution in [0.1, 0.15) is 5.56 Å². The van der Waals surface area contributed by atoms with Crippen molar-refractivity contribution in [2.24, 2.45) is 0 Å². The Labute approximate surface area is 157 Å². The van der Waals surface area contributed by atoms with Crippen LogP contribution in [0.15, 0.2) is 47.2 Å². The van der Waals surface area contributed by atoms with Gasteiger partial charge in [0.1, 0.15) is 5.75 Å². The van der Waals surface area contributed by atoms with E-state index in [0.29, 0.717) is 18.8 Å². The van der Waals surface area contributed by atoms with Gasteiger partial charge in [-0.1, -0.05) is 18.2 Å². The Morgan fingerprint density at radius 2 is 1.85 bits per heavy atom. The van der Waals surface area contributed by atoms with Crippen LogP contribution in [0.5, 0.6) is 5.75 Å². The molecule has 1 aromatic heterocycles. The largest absolute Gasteiger partial charge is 0.484 e. The van der Waals surface area contributed by atoms with Crippen molar-refractivity contribution < 1.29 is 14.3 Å². The van der Waals surface area contributed by atoms with E-state index in [0.717, 1.165) is 19.6 Å². The molecule has 0 radical (unpaired) electrons. The molecule has 2 amide bonds. The van der Waals surface area contributed by atoms with Gasteiger partial charge in [-0.05, 0) is 34.5 Å². The van der Waals surface area contributed by atoms with Crippen LogP contribution >= 0.6 is 11.3 Å². The molecule has 0 bridgehead atoms. The highest BCUT2D eigenvalue weighted by Crippen LogP contribution is 2.11. The van der Waals surface area contributed by atoms with Crippen LogP contribution < -0.4 is 10.1 Å². The van der Waals surface area contributed by atoms with Crippen molar-refractivity contribution >= 4 is 23.2 Å². The number of carbonyl (C=O) groups excluding carboxylic acids is 2. The third-order valence-corrected chi connectivity index (χ3v) is 4.99. The topological polar surface area (TPSA) is 61.9 Å². The van der Waals surface area contributed by atoms with Gasteiger partial charge in [-0.25, -0.2) is 0 Å². The molecule has 0 atom stereocenters. The Bertz CT molecular complexity index is 698. The van der Waals surface area contributed by atoms with E-state index in [1.165, 1.54) is 5.56 Å². The fourth-order valence-electron chi connectivity index (χ4n) is 2.80. The van der Waals surface area contributed by atoms with E-state index in [4.69, 9.17) is 4.74 Å². The van der Waals surface area contributed by atoms with Crippen LogP contribution in [-0.4, -0.2) is 60.9 Å². The first kappa shape index (κ1) is 18.4. The summed E-state index contributed by atoms with van der Waals surface area (Å²) in [5.74, 6) is 0.294. The zero-order valence-corrected chi connectivity index (χ0v) is 15.4. The van der Waals surface area contributed by atoms with Gasteiger partial charge in [0, 0.05) is 32.7 Å². The van der Waals surface area contributed by atoms with Gasteiger partial charge in [0.25, 0.3) is 5.91 Å². The highest BCUT2D eigenvalue weighted by atomic mass is 32.1. The maximum absolute atomic E-state index is 12.3. The first-order valence-corrected chi connectivity index (χ1v) is 9.61. The molecule has 1 saturated heterocycles. The minimum atomic E-state index is -0.293. The molecule has 138 valence electrons. The summed E-state index contributed by atoms with van der Waals surface area (Å²) in [6.45, 7) is 3.95. The summed E-state index contributed by atoms with van der Waals surface area (Å²) in [6.07, 6.45) is 0. The molecule has 0 aliphatic carbocycles. The standard InChI is InChI=1S/C19H23N3O3S/c23-18(14-25-17-4-2-1-3-5-17)20-12-19(24)22-9-7-21(8-10-22)13-16-6-11-26-15-16/h1-6,11,15H,7-10,12-14H2,(H,20,23). The molecule has 1 fully saturated rings. The Kier molecular flexibility index (Phi) is 6.62. The van der Waals surface area contributed by atoms with Crippen molar-refractivity contribution in [2.75, 3.05) is 39.3 Å². The van der Waals surface area contributed by atoms with Crippen molar-refractivity contribution in [1.82, 2.24) is 15.1 Å². The van der Waals surface area contributed by atoms with Crippen LogP contribution in [0.4, 0.5) is 0 Å². The molecule has 7 heteroatoms. The summed E-state index contributed by atoms with van der Waals surface area (Å²) in [5, 5.41) is 6.87. The third-order valence-electron chi connectivity index (χ3n) is 4.26. The number of ether oxygens (including phenoxy) is 1. The summed E-state index contributed by atoms with van der Waals surface area (Å²) >= 11 is 1.70. The lowest BCUT2D eigenvalue weighted by Crippen LogP contribution is -2.51. The lowest BCUT2D eigenvalue weighted by atomic mass is 10.2. The molecule has 3 rings (SSSR count). The van der Waals surface area contributed by atoms with Crippen LogP contribution in [0, 0.1) is 0 Å². The van der Waals surface area contributed by atoms with Crippen molar-refractivity contribution in [2.45, 2.75) is 6.54 Å². The number of rotatable bonds is 7. The van der Waals surface area contributed by atoms with Crippen LogP contribution in [0.2, 0.25) is 0 Å². The number of hydrogen-bond acceptors (Lipinski definition) is 5. The van der Waals surface area contributed by atoms with E-state index in [-0.39, 0.29) is 25.0 Å². The molecule has 1 aliphatic rings. The van der Waals surface area contributed by atoms with E-state index in [1.54, 1.807) is 23.5 Å². The SMILES string of the molecule is O=C(COc1ccccc1)NCC(=O)N1CCN(Cc2ccsc2)CC1. The molecule has 26 heavy (non-hydrogen) atoms. The average molecular weight is 373 g/mol. The Balaban J connectivity index is 1.33. The third kappa shape index (κ3) is 5.57. The van der Waals surface area contributed by atoms with Crippen LogP contribution in [0.3, 0.4) is 0 Å². The second kappa shape index (κ2) is 9.35. The minimum Gasteiger partial charge on any atom is -0.484 e. The monoisotopic (exact) mass is 373 g/mol. The van der Waals surface area contributed by atoms with Gasteiger partial charge in [-0.2, -0.15) is 11.3 Å². The van der Waals surface area contributed by atoms with Gasteiger partial charge in [0.15, 0.2) is 6.61 Å². The van der Waals surface area contributed by atoms with E-state index >= 15 is 0 Å². The Morgan fingerprint density at radius 1 is 1.08 bits per heavy atom. The second-order valence-electron chi connectivity index (χ2n) is 6.17. The van der Waals surface area contributed by atoms with E-state index in [2.05, 4.69) is 27.0 Å². The number of hydrogen-bond donors (Lipinski definition) is 1. The van der Waals surface area contributed by atoms with Gasteiger partial charge in [-0.3, -0.25) is 14.5 Å². The Morgan fingerprint density at radius 3 is 2.54 bits per heavy atom. The van der Waals surface area contributed by atoms with Gasteiger partial charge < -0.3 is 15.0 Å². The van der Waals surface area contributed by atoms with Crippen molar-refractivity contribution in [3.63, 3.8) is 0 Å². The molecule has 1 N–H and O–H groups in total. The molecular formula is C19H23N3O3S. The molecule has 6 nitrogen and oxygen atoms in total. The number of nitrogens with one attached hydrogen (secondary N) is 1. The zero-order valence-electron chi connectivity index (χ0n) is 14.6. The molecule has 0 saturated carbocycles. The molecular weight excluding hydrogens is 350 g/mol. The van der Waals surface area contributed by atoms with Crippen LogP contribution in [-0.2, 0) is 16.1 Å². The van der Waals surface area contributed by atoms with Crippen molar-refractivity contribution in [3.8, 4) is 5.75 Å². The number of para-hydroxylation sites is 1. The lowest BCUT2D eigenvalue weighted by Gasteiger charge is -2.34. The summed E-state index contributed by atoms with van der Waals surface area (Å²) in [5.41, 5.74) is 1.32. The average Bonchev–Trinajstić information content (AvgIpc) is 3.19. The van der Waals surface area contributed by atoms with Gasteiger partial charge in [-0.15, -0.1) is 0 Å². The van der Waals surface area contributed by atoms with E-state index in [1.807, 2.05) is 23.1 Å². The predicted molar refractivity (Wildman–Crippen MR) is 101 cm³/mol. The first-order chi connectivity index (χ1) is 12.7. The summed E-state index contributed by atoms with van der Waals surface area (Å²) < 4.78 is 5.37. The zero-order chi connectivity index (χ0) is 18.2. The fraction of sp³-hybridized carbons (Fsp3) is 0.368. The maximum atomic E-state index is 12.3. The number of thiophene rings is 1. The van der Waals surface area contributed by atoms with Crippen molar-refractivity contribution in [1.29, 1.82) is 0 Å². The van der Waals surface area contributed by atoms with E-state index < -0.39 is 0 Å². The number of amides is 2. The number of nitrogens with zero attached hydrogens (tertiary/aromatic N) is 2. The highest BCUT2D eigenvalue weighted by Gasteiger charge is 2.21. The Hall–Kier alpha value is -2.38. The maximum Gasteiger partial charge on any atom is 0.258 e.